The molecule has 1 saturated heterocycles. The Morgan fingerprint density at radius 3 is 2.23 bits per heavy atom. The molecule has 0 bridgehead atoms. The van der Waals surface area contributed by atoms with Crippen LogP contribution in [0.4, 0.5) is 5.69 Å². The maximum absolute atomic E-state index is 15.2. The molecule has 1 fully saturated rings. The third-order valence-electron chi connectivity index (χ3n) is 14.1. The second-order valence-corrected chi connectivity index (χ2v) is 18.5. The van der Waals surface area contributed by atoms with Gasteiger partial charge in [-0.2, -0.15) is 0 Å². The van der Waals surface area contributed by atoms with E-state index in [-0.39, 0.29) is 23.8 Å². The van der Waals surface area contributed by atoms with E-state index in [2.05, 4.69) is 71.0 Å². The summed E-state index contributed by atoms with van der Waals surface area (Å²) in [4.78, 5) is 51.9. The predicted octanol–water partition coefficient (Wildman–Crippen LogP) is 8.89. The highest BCUT2D eigenvalue weighted by Gasteiger charge is 2.34. The monoisotopic (exact) mass is 881 g/mol. The van der Waals surface area contributed by atoms with E-state index < -0.39 is 0 Å². The molecule has 3 amide bonds. The molecule has 338 valence electrons. The fraction of sp³-hybridized carbons (Fsp3) is 0.339. The van der Waals surface area contributed by atoms with Gasteiger partial charge in [0.15, 0.2) is 0 Å². The lowest BCUT2D eigenvalue weighted by Gasteiger charge is -2.36. The molecule has 10 heteroatoms. The van der Waals surface area contributed by atoms with Crippen LogP contribution in [-0.4, -0.2) is 82.9 Å². The highest BCUT2D eigenvalue weighted by Crippen LogP contribution is 2.38. The Labute approximate surface area is 388 Å². The van der Waals surface area contributed by atoms with Crippen LogP contribution in [0.1, 0.15) is 85.1 Å². The van der Waals surface area contributed by atoms with Gasteiger partial charge in [-0.15, -0.1) is 0 Å². The summed E-state index contributed by atoms with van der Waals surface area (Å²) < 4.78 is 13.8. The van der Waals surface area contributed by atoms with Crippen molar-refractivity contribution in [3.63, 3.8) is 0 Å². The average molecular weight is 882 g/mol. The van der Waals surface area contributed by atoms with Crippen molar-refractivity contribution in [2.75, 3.05) is 44.8 Å². The minimum absolute atomic E-state index is 0.00300. The van der Waals surface area contributed by atoms with Crippen LogP contribution >= 0.6 is 0 Å². The molecule has 5 heterocycles. The lowest BCUT2D eigenvalue weighted by Crippen LogP contribution is -2.43. The van der Waals surface area contributed by atoms with Crippen LogP contribution in [0, 0.1) is 0 Å². The van der Waals surface area contributed by atoms with E-state index in [0.717, 1.165) is 116 Å². The molecule has 0 spiro atoms. The summed E-state index contributed by atoms with van der Waals surface area (Å²) in [6.45, 7) is 9.23. The Balaban J connectivity index is 0.936. The van der Waals surface area contributed by atoms with Gasteiger partial charge in [-0.25, -0.2) is 0 Å². The zero-order valence-corrected chi connectivity index (χ0v) is 38.2. The van der Waals surface area contributed by atoms with Crippen molar-refractivity contribution in [1.29, 1.82) is 0 Å². The molecular formula is C56H59N5O5. The smallest absolute Gasteiger partial charge is 0.259 e. The van der Waals surface area contributed by atoms with E-state index in [1.54, 1.807) is 4.90 Å². The number of nitrogens with zero attached hydrogens (tertiary/aromatic N) is 5. The van der Waals surface area contributed by atoms with Gasteiger partial charge in [0.1, 0.15) is 12.4 Å². The van der Waals surface area contributed by atoms with E-state index in [9.17, 15) is 9.59 Å². The van der Waals surface area contributed by atoms with Gasteiger partial charge in [0.05, 0.1) is 25.2 Å². The van der Waals surface area contributed by atoms with Gasteiger partial charge in [-0.05, 0) is 120 Å². The van der Waals surface area contributed by atoms with Crippen molar-refractivity contribution in [1.82, 2.24) is 19.3 Å². The number of aromatic nitrogens is 1. The molecule has 4 aliphatic rings. The quantitative estimate of drug-likeness (QED) is 0.129. The van der Waals surface area contributed by atoms with Crippen molar-refractivity contribution < 1.29 is 23.9 Å². The number of morpholine rings is 1. The number of hydrogen-bond donors (Lipinski definition) is 0. The molecule has 5 aromatic carbocycles. The number of carbonyl (C=O) groups is 3. The van der Waals surface area contributed by atoms with Gasteiger partial charge >= 0.3 is 0 Å². The summed E-state index contributed by atoms with van der Waals surface area (Å²) >= 11 is 0. The Kier molecular flexibility index (Phi) is 12.6. The Morgan fingerprint density at radius 1 is 0.697 bits per heavy atom. The van der Waals surface area contributed by atoms with Crippen molar-refractivity contribution in [2.24, 2.45) is 0 Å². The van der Waals surface area contributed by atoms with Gasteiger partial charge in [0.25, 0.3) is 11.8 Å². The lowest BCUT2D eigenvalue weighted by atomic mass is 9.89. The van der Waals surface area contributed by atoms with Crippen LogP contribution in [0.2, 0.25) is 0 Å². The molecule has 0 unspecified atom stereocenters. The van der Waals surface area contributed by atoms with E-state index >= 15 is 4.79 Å². The minimum atomic E-state index is -0.0853. The summed E-state index contributed by atoms with van der Waals surface area (Å²) in [6.07, 6.45) is 4.55. The molecule has 6 aromatic rings. The molecule has 10 nitrogen and oxygen atoms in total. The maximum atomic E-state index is 15.2. The summed E-state index contributed by atoms with van der Waals surface area (Å²) in [5.41, 5.74) is 12.7. The minimum Gasteiger partial charge on any atom is -0.489 e. The third-order valence-corrected chi connectivity index (χ3v) is 14.1. The van der Waals surface area contributed by atoms with Crippen LogP contribution < -0.4 is 9.64 Å². The molecule has 0 radical (unpaired) electrons. The molecule has 66 heavy (non-hydrogen) atoms. The number of anilines is 1. The highest BCUT2D eigenvalue weighted by molar-refractivity contribution is 6.08. The summed E-state index contributed by atoms with van der Waals surface area (Å²) in [6, 6.07) is 40.9. The van der Waals surface area contributed by atoms with Gasteiger partial charge in [0, 0.05) is 87.1 Å². The molecule has 0 N–H and O–H groups in total. The van der Waals surface area contributed by atoms with Crippen LogP contribution in [0.3, 0.4) is 0 Å². The molecule has 1 aromatic heterocycles. The molecule has 0 saturated carbocycles. The number of ether oxygens (including phenoxy) is 2. The van der Waals surface area contributed by atoms with Crippen molar-refractivity contribution >= 4 is 23.4 Å². The summed E-state index contributed by atoms with van der Waals surface area (Å²) in [5, 5.41) is 0. The van der Waals surface area contributed by atoms with Crippen LogP contribution in [0.5, 0.6) is 5.75 Å². The van der Waals surface area contributed by atoms with Gasteiger partial charge in [0.2, 0.25) is 5.91 Å². The van der Waals surface area contributed by atoms with E-state index in [1.165, 1.54) is 16.7 Å². The van der Waals surface area contributed by atoms with Crippen LogP contribution in [-0.2, 0) is 68.0 Å². The van der Waals surface area contributed by atoms with Crippen molar-refractivity contribution in [3.05, 3.63) is 177 Å². The fourth-order valence-corrected chi connectivity index (χ4v) is 10.3. The SMILES string of the molecule is C[C@@H]1Cc2ccccc2CN1C(=O)c1cc2c(cc1-c1cc(C(=O)N(C)c3ccc(OCc4ccccc4)cc3)c3n1CCCC3)CCN(C(=O)Cc1ccc(CN3CCOCC3)cc1)C2. The van der Waals surface area contributed by atoms with Crippen molar-refractivity contribution in [2.45, 2.75) is 84.3 Å². The Bertz CT molecular complexity index is 2720. The molecule has 0 aliphatic carbocycles. The number of carbonyl (C=O) groups excluding carboxylic acids is 3. The third kappa shape index (κ3) is 9.17. The van der Waals surface area contributed by atoms with E-state index in [4.69, 9.17) is 9.47 Å². The number of amides is 3. The lowest BCUT2D eigenvalue weighted by molar-refractivity contribution is -0.131. The van der Waals surface area contributed by atoms with Crippen molar-refractivity contribution in [3.8, 4) is 17.0 Å². The van der Waals surface area contributed by atoms with Gasteiger partial charge in [-0.3, -0.25) is 19.3 Å². The zero-order valence-electron chi connectivity index (χ0n) is 38.2. The molecular weight excluding hydrogens is 823 g/mol. The largest absolute Gasteiger partial charge is 0.489 e. The topological polar surface area (TPSA) is 87.6 Å². The second-order valence-electron chi connectivity index (χ2n) is 18.5. The average Bonchev–Trinajstić information content (AvgIpc) is 3.75. The molecule has 10 rings (SSSR count). The first kappa shape index (κ1) is 43.4. The highest BCUT2D eigenvalue weighted by atomic mass is 16.5. The van der Waals surface area contributed by atoms with E-state index in [1.807, 2.05) is 83.6 Å². The number of benzene rings is 5. The summed E-state index contributed by atoms with van der Waals surface area (Å²) in [7, 11) is 1.83. The second kappa shape index (κ2) is 19.2. The number of rotatable bonds is 11. The first-order chi connectivity index (χ1) is 32.3. The fourth-order valence-electron chi connectivity index (χ4n) is 10.3. The molecule has 4 aliphatic heterocycles. The first-order valence-corrected chi connectivity index (χ1v) is 23.7. The molecule has 1 atom stereocenters. The normalized spacial score (nSPS) is 17.1. The summed E-state index contributed by atoms with van der Waals surface area (Å²) in [5.74, 6) is 0.710. The predicted molar refractivity (Wildman–Crippen MR) is 258 cm³/mol. The zero-order chi connectivity index (χ0) is 45.1. The van der Waals surface area contributed by atoms with Crippen LogP contribution in [0.15, 0.2) is 121 Å². The number of fused-ring (bicyclic) bond motifs is 3. The maximum Gasteiger partial charge on any atom is 0.259 e. The Morgan fingerprint density at radius 2 is 1.44 bits per heavy atom. The van der Waals surface area contributed by atoms with Gasteiger partial charge < -0.3 is 28.7 Å². The van der Waals surface area contributed by atoms with Crippen LogP contribution in [0.25, 0.3) is 11.3 Å². The number of hydrogen-bond acceptors (Lipinski definition) is 6. The Hall–Kier alpha value is -6.49. The van der Waals surface area contributed by atoms with Gasteiger partial charge in [-0.1, -0.05) is 78.9 Å². The standard InChI is InChI=1S/C56H59N5O5/c1-39-30-43-12-6-7-13-45(43)37-61(39)56(64)50-33-46-36-59(54(62)31-40-15-17-41(18-16-40)35-58-26-28-65-29-27-58)25-23-44(46)32-49(50)53-34-51(52-14-8-9-24-60(52)53)55(63)57(2)47-19-21-48(22-20-47)66-38-42-10-4-3-5-11-42/h3-7,10-13,15-22,32-34,39H,8-9,14,23-31,35-38H2,1-2H3/t39-/m1/s1. The van der Waals surface area contributed by atoms with E-state index in [0.29, 0.717) is 50.2 Å². The first-order valence-electron chi connectivity index (χ1n) is 23.7.